The molecule has 1 N–H and O–H groups in total. The fourth-order valence-electron chi connectivity index (χ4n) is 3.07. The Morgan fingerprint density at radius 1 is 1.07 bits per heavy atom. The number of nitrogens with zero attached hydrogens (tertiary/aromatic N) is 4. The number of pyridine rings is 1. The largest absolute Gasteiger partial charge is 0.468 e. The molecule has 0 radical (unpaired) electrons. The number of carbonyl (C=O) groups is 2. The summed E-state index contributed by atoms with van der Waals surface area (Å²) in [6.07, 6.45) is 3.56. The van der Waals surface area contributed by atoms with E-state index in [-0.39, 0.29) is 18.5 Å². The van der Waals surface area contributed by atoms with Gasteiger partial charge in [-0.3, -0.25) is 9.78 Å². The number of piperazine rings is 1. The first-order valence-electron chi connectivity index (χ1n) is 9.16. The zero-order chi connectivity index (χ0) is 19.9. The van der Waals surface area contributed by atoms with Crippen molar-refractivity contribution < 1.29 is 14.3 Å². The fourth-order valence-corrected chi connectivity index (χ4v) is 3.07. The number of rotatable bonds is 5. The Hall–Kier alpha value is -3.29. The molecule has 0 atom stereocenters. The fraction of sp³-hybridized carbons (Fsp3) is 0.350. The van der Waals surface area contributed by atoms with Crippen molar-refractivity contribution in [2.45, 2.75) is 0 Å². The highest BCUT2D eigenvalue weighted by Gasteiger charge is 2.21. The third-order valence-corrected chi connectivity index (χ3v) is 4.75. The lowest BCUT2D eigenvalue weighted by Crippen LogP contribution is -2.50. The second-order valence-electron chi connectivity index (χ2n) is 6.59. The monoisotopic (exact) mass is 383 g/mol. The Morgan fingerprint density at radius 2 is 1.71 bits per heavy atom. The Kier molecular flexibility index (Phi) is 6.31. The van der Waals surface area contributed by atoms with Gasteiger partial charge in [-0.25, -0.2) is 4.79 Å². The minimum atomic E-state index is -0.300. The maximum Gasteiger partial charge on any atom is 0.325 e. The summed E-state index contributed by atoms with van der Waals surface area (Å²) in [5, 5.41) is 2.93. The Bertz CT molecular complexity index is 789. The smallest absolute Gasteiger partial charge is 0.325 e. The molecule has 0 bridgehead atoms. The first-order chi connectivity index (χ1) is 13.6. The molecule has 1 aromatic heterocycles. The molecule has 1 fully saturated rings. The standard InChI is InChI=1S/C20H25N5O3/c1-23(15-19(26)28-2)17-5-3-16(4-6-17)22-20(27)25-13-11-24(12-14-25)18-7-9-21-10-8-18/h3-10H,11-15H2,1-2H3,(H,22,27). The lowest BCUT2D eigenvalue weighted by Gasteiger charge is -2.36. The van der Waals surface area contributed by atoms with Gasteiger partial charge in [-0.05, 0) is 36.4 Å². The molecule has 8 heteroatoms. The lowest BCUT2D eigenvalue weighted by molar-refractivity contribution is -0.138. The normalized spacial score (nSPS) is 13.8. The van der Waals surface area contributed by atoms with Gasteiger partial charge in [-0.15, -0.1) is 0 Å². The predicted octanol–water partition coefficient (Wildman–Crippen LogP) is 2.04. The minimum absolute atomic E-state index is 0.106. The summed E-state index contributed by atoms with van der Waals surface area (Å²) in [4.78, 5) is 33.8. The molecule has 1 aliphatic heterocycles. The van der Waals surface area contributed by atoms with Gasteiger partial charge >= 0.3 is 12.0 Å². The number of nitrogens with one attached hydrogen (secondary N) is 1. The van der Waals surface area contributed by atoms with Gasteiger partial charge in [0.15, 0.2) is 0 Å². The Balaban J connectivity index is 1.50. The summed E-state index contributed by atoms with van der Waals surface area (Å²) < 4.78 is 4.67. The summed E-state index contributed by atoms with van der Waals surface area (Å²) in [5.74, 6) is -0.300. The van der Waals surface area contributed by atoms with Crippen LogP contribution in [-0.2, 0) is 9.53 Å². The molecule has 0 aliphatic carbocycles. The molecule has 28 heavy (non-hydrogen) atoms. The van der Waals surface area contributed by atoms with E-state index in [2.05, 4.69) is 19.9 Å². The van der Waals surface area contributed by atoms with Crippen LogP contribution in [0.1, 0.15) is 0 Å². The van der Waals surface area contributed by atoms with Gasteiger partial charge in [-0.1, -0.05) is 0 Å². The number of benzene rings is 1. The Labute approximate surface area is 164 Å². The molecule has 1 aromatic carbocycles. The summed E-state index contributed by atoms with van der Waals surface area (Å²) in [6.45, 7) is 3.07. The number of hydrogen-bond donors (Lipinski definition) is 1. The molecule has 2 heterocycles. The number of urea groups is 1. The molecule has 8 nitrogen and oxygen atoms in total. The average molecular weight is 383 g/mol. The molecular formula is C20H25N5O3. The Morgan fingerprint density at radius 3 is 2.32 bits per heavy atom. The van der Waals surface area contributed by atoms with Crippen molar-refractivity contribution in [1.82, 2.24) is 9.88 Å². The van der Waals surface area contributed by atoms with Gasteiger partial charge in [-0.2, -0.15) is 0 Å². The van der Waals surface area contributed by atoms with Crippen LogP contribution in [0, 0.1) is 0 Å². The van der Waals surface area contributed by atoms with Crippen LogP contribution in [0.15, 0.2) is 48.8 Å². The van der Waals surface area contributed by atoms with Crippen molar-refractivity contribution in [3.63, 3.8) is 0 Å². The van der Waals surface area contributed by atoms with Crippen LogP contribution in [0.4, 0.5) is 21.9 Å². The van der Waals surface area contributed by atoms with E-state index in [0.717, 1.165) is 30.2 Å². The highest BCUT2D eigenvalue weighted by atomic mass is 16.5. The summed E-state index contributed by atoms with van der Waals surface area (Å²) in [7, 11) is 3.18. The molecule has 2 aromatic rings. The van der Waals surface area contributed by atoms with Crippen molar-refractivity contribution in [2.24, 2.45) is 0 Å². The van der Waals surface area contributed by atoms with Crippen molar-refractivity contribution in [1.29, 1.82) is 0 Å². The van der Waals surface area contributed by atoms with Gasteiger partial charge in [0.05, 0.1) is 7.11 Å². The average Bonchev–Trinajstić information content (AvgIpc) is 2.74. The van der Waals surface area contributed by atoms with Crippen LogP contribution in [0.3, 0.4) is 0 Å². The van der Waals surface area contributed by atoms with Gasteiger partial charge in [0.1, 0.15) is 6.54 Å². The first-order valence-corrected chi connectivity index (χ1v) is 9.16. The lowest BCUT2D eigenvalue weighted by atomic mass is 10.2. The maximum atomic E-state index is 12.5. The van der Waals surface area contributed by atoms with Gasteiger partial charge < -0.3 is 24.8 Å². The third-order valence-electron chi connectivity index (χ3n) is 4.75. The van der Waals surface area contributed by atoms with Crippen molar-refractivity contribution in [3.05, 3.63) is 48.8 Å². The number of likely N-dealkylation sites (N-methyl/N-ethyl adjacent to an activating group) is 1. The molecule has 148 valence electrons. The van der Waals surface area contributed by atoms with E-state index < -0.39 is 0 Å². The number of methoxy groups -OCH3 is 1. The molecule has 2 amide bonds. The minimum Gasteiger partial charge on any atom is -0.468 e. The second-order valence-corrected chi connectivity index (χ2v) is 6.59. The summed E-state index contributed by atoms with van der Waals surface area (Å²) in [6, 6.07) is 11.2. The molecule has 0 spiro atoms. The van der Waals surface area contributed by atoms with Crippen LogP contribution in [-0.4, -0.2) is 68.8 Å². The first kappa shape index (κ1) is 19.5. The number of anilines is 3. The highest BCUT2D eigenvalue weighted by molar-refractivity contribution is 5.89. The van der Waals surface area contributed by atoms with Crippen molar-refractivity contribution >= 4 is 29.1 Å². The van der Waals surface area contributed by atoms with Gasteiger partial charge in [0.25, 0.3) is 0 Å². The van der Waals surface area contributed by atoms with E-state index in [1.807, 2.05) is 48.3 Å². The van der Waals surface area contributed by atoms with E-state index in [4.69, 9.17) is 0 Å². The van der Waals surface area contributed by atoms with E-state index >= 15 is 0 Å². The summed E-state index contributed by atoms with van der Waals surface area (Å²) in [5.41, 5.74) is 2.72. The number of esters is 1. The SMILES string of the molecule is COC(=O)CN(C)c1ccc(NC(=O)N2CCN(c3ccncc3)CC2)cc1. The van der Waals surface area contributed by atoms with Crippen LogP contribution < -0.4 is 15.1 Å². The molecule has 0 unspecified atom stereocenters. The summed E-state index contributed by atoms with van der Waals surface area (Å²) >= 11 is 0. The molecular weight excluding hydrogens is 358 g/mol. The number of amides is 2. The van der Waals surface area contributed by atoms with Gasteiger partial charge in [0.2, 0.25) is 0 Å². The van der Waals surface area contributed by atoms with Crippen molar-refractivity contribution in [2.75, 3.05) is 62.0 Å². The van der Waals surface area contributed by atoms with Crippen LogP contribution >= 0.6 is 0 Å². The predicted molar refractivity (Wildman–Crippen MR) is 109 cm³/mol. The molecule has 0 saturated carbocycles. The van der Waals surface area contributed by atoms with Gasteiger partial charge in [0, 0.05) is 62.7 Å². The maximum absolute atomic E-state index is 12.5. The zero-order valence-corrected chi connectivity index (χ0v) is 16.2. The topological polar surface area (TPSA) is 78.0 Å². The number of ether oxygens (including phenoxy) is 1. The molecule has 1 saturated heterocycles. The quantitative estimate of drug-likeness (QED) is 0.797. The third kappa shape index (κ3) is 4.91. The van der Waals surface area contributed by atoms with Crippen LogP contribution in [0.2, 0.25) is 0 Å². The number of carbonyl (C=O) groups excluding carboxylic acids is 2. The molecule has 1 aliphatic rings. The van der Waals surface area contributed by atoms with E-state index in [1.165, 1.54) is 7.11 Å². The highest BCUT2D eigenvalue weighted by Crippen LogP contribution is 2.18. The second kappa shape index (κ2) is 9.07. The van der Waals surface area contributed by atoms with E-state index in [1.54, 1.807) is 17.3 Å². The van der Waals surface area contributed by atoms with E-state index in [9.17, 15) is 9.59 Å². The van der Waals surface area contributed by atoms with Crippen LogP contribution in [0.5, 0.6) is 0 Å². The number of hydrogen-bond acceptors (Lipinski definition) is 6. The zero-order valence-electron chi connectivity index (χ0n) is 16.2. The molecule has 3 rings (SSSR count). The number of aromatic nitrogens is 1. The van der Waals surface area contributed by atoms with E-state index in [0.29, 0.717) is 13.1 Å². The van der Waals surface area contributed by atoms with Crippen LogP contribution in [0.25, 0.3) is 0 Å². The van der Waals surface area contributed by atoms with Crippen molar-refractivity contribution in [3.8, 4) is 0 Å².